The van der Waals surface area contributed by atoms with Gasteiger partial charge in [-0.05, 0) is 43.7 Å². The number of aromatic amines is 1. The highest BCUT2D eigenvalue weighted by Crippen LogP contribution is 2.28. The van der Waals surface area contributed by atoms with Crippen LogP contribution in [-0.2, 0) is 12.8 Å². The van der Waals surface area contributed by atoms with E-state index < -0.39 is 0 Å². The van der Waals surface area contributed by atoms with E-state index in [2.05, 4.69) is 22.4 Å². The molecule has 90 valence electrons. The van der Waals surface area contributed by atoms with Crippen LogP contribution in [0.2, 0.25) is 0 Å². The molecule has 2 heterocycles. The SMILES string of the molecule is CCOc1ccc2[nH]c3c(c2c1)CCNCC3. The summed E-state index contributed by atoms with van der Waals surface area (Å²) in [5.74, 6) is 0.971. The number of rotatable bonds is 2. The lowest BCUT2D eigenvalue weighted by molar-refractivity contribution is 0.340. The summed E-state index contributed by atoms with van der Waals surface area (Å²) in [6.45, 7) is 4.88. The molecule has 1 aromatic carbocycles. The molecular weight excluding hydrogens is 212 g/mol. The van der Waals surface area contributed by atoms with E-state index >= 15 is 0 Å². The molecule has 0 unspecified atom stereocenters. The van der Waals surface area contributed by atoms with Crippen molar-refractivity contribution in [2.24, 2.45) is 0 Å². The Morgan fingerprint density at radius 2 is 2.12 bits per heavy atom. The predicted molar refractivity (Wildman–Crippen MR) is 69.7 cm³/mol. The molecule has 3 rings (SSSR count). The summed E-state index contributed by atoms with van der Waals surface area (Å²) in [7, 11) is 0. The molecule has 0 saturated heterocycles. The molecule has 0 radical (unpaired) electrons. The quantitative estimate of drug-likeness (QED) is 0.830. The van der Waals surface area contributed by atoms with E-state index in [1.807, 2.05) is 13.0 Å². The fourth-order valence-corrected chi connectivity index (χ4v) is 2.59. The van der Waals surface area contributed by atoms with Crippen LogP contribution in [-0.4, -0.2) is 24.7 Å². The Kier molecular flexibility index (Phi) is 2.77. The second kappa shape index (κ2) is 4.41. The van der Waals surface area contributed by atoms with Gasteiger partial charge in [-0.1, -0.05) is 0 Å². The lowest BCUT2D eigenvalue weighted by Gasteiger charge is -2.03. The molecule has 0 saturated carbocycles. The van der Waals surface area contributed by atoms with E-state index in [0.717, 1.165) is 38.3 Å². The second-order valence-electron chi connectivity index (χ2n) is 4.47. The molecule has 17 heavy (non-hydrogen) atoms. The van der Waals surface area contributed by atoms with Gasteiger partial charge >= 0.3 is 0 Å². The Morgan fingerprint density at radius 3 is 3.00 bits per heavy atom. The first-order valence-corrected chi connectivity index (χ1v) is 6.35. The molecule has 0 atom stereocenters. The van der Waals surface area contributed by atoms with Crippen molar-refractivity contribution < 1.29 is 4.74 Å². The van der Waals surface area contributed by atoms with Gasteiger partial charge in [0.2, 0.25) is 0 Å². The minimum atomic E-state index is 0.722. The molecule has 0 aliphatic carbocycles. The number of benzene rings is 1. The number of H-pyrrole nitrogens is 1. The average molecular weight is 230 g/mol. The predicted octanol–water partition coefficient (Wildman–Crippen LogP) is 2.25. The molecule has 1 aromatic heterocycles. The second-order valence-corrected chi connectivity index (χ2v) is 4.47. The average Bonchev–Trinajstić information content (AvgIpc) is 2.53. The van der Waals surface area contributed by atoms with E-state index in [4.69, 9.17) is 4.74 Å². The lowest BCUT2D eigenvalue weighted by Crippen LogP contribution is -2.16. The summed E-state index contributed by atoms with van der Waals surface area (Å²) >= 11 is 0. The van der Waals surface area contributed by atoms with Crippen molar-refractivity contribution in [2.45, 2.75) is 19.8 Å². The summed E-state index contributed by atoms with van der Waals surface area (Å²) in [5.41, 5.74) is 4.09. The van der Waals surface area contributed by atoms with Gasteiger partial charge in [-0.15, -0.1) is 0 Å². The van der Waals surface area contributed by atoms with Gasteiger partial charge in [-0.2, -0.15) is 0 Å². The Hall–Kier alpha value is -1.48. The molecule has 0 fully saturated rings. The Morgan fingerprint density at radius 1 is 1.24 bits per heavy atom. The molecule has 2 N–H and O–H groups in total. The monoisotopic (exact) mass is 230 g/mol. The van der Waals surface area contributed by atoms with Crippen molar-refractivity contribution in [3.63, 3.8) is 0 Å². The van der Waals surface area contributed by atoms with Crippen LogP contribution in [0.15, 0.2) is 18.2 Å². The van der Waals surface area contributed by atoms with E-state index in [-0.39, 0.29) is 0 Å². The molecule has 3 heteroatoms. The molecule has 1 aliphatic rings. The number of aromatic nitrogens is 1. The zero-order valence-corrected chi connectivity index (χ0v) is 10.2. The smallest absolute Gasteiger partial charge is 0.120 e. The molecule has 2 aromatic rings. The minimum absolute atomic E-state index is 0.722. The van der Waals surface area contributed by atoms with Crippen LogP contribution < -0.4 is 10.1 Å². The van der Waals surface area contributed by atoms with Gasteiger partial charge in [0.25, 0.3) is 0 Å². The van der Waals surface area contributed by atoms with Crippen LogP contribution in [0.25, 0.3) is 10.9 Å². The van der Waals surface area contributed by atoms with Crippen LogP contribution in [0.1, 0.15) is 18.2 Å². The van der Waals surface area contributed by atoms with Crippen LogP contribution in [0.3, 0.4) is 0 Å². The van der Waals surface area contributed by atoms with Gasteiger partial charge in [0.05, 0.1) is 6.61 Å². The van der Waals surface area contributed by atoms with Crippen molar-refractivity contribution in [3.05, 3.63) is 29.5 Å². The van der Waals surface area contributed by atoms with Gasteiger partial charge in [0, 0.05) is 29.6 Å². The first-order valence-electron chi connectivity index (χ1n) is 6.35. The van der Waals surface area contributed by atoms with Gasteiger partial charge in [0.1, 0.15) is 5.75 Å². The third-order valence-corrected chi connectivity index (χ3v) is 3.38. The van der Waals surface area contributed by atoms with E-state index in [1.54, 1.807) is 0 Å². The van der Waals surface area contributed by atoms with E-state index in [9.17, 15) is 0 Å². The molecule has 3 nitrogen and oxygen atoms in total. The van der Waals surface area contributed by atoms with Crippen LogP contribution >= 0.6 is 0 Å². The zero-order valence-electron chi connectivity index (χ0n) is 10.2. The minimum Gasteiger partial charge on any atom is -0.494 e. The van der Waals surface area contributed by atoms with Crippen molar-refractivity contribution in [1.29, 1.82) is 0 Å². The third-order valence-electron chi connectivity index (χ3n) is 3.38. The van der Waals surface area contributed by atoms with Gasteiger partial charge in [-0.3, -0.25) is 0 Å². The maximum Gasteiger partial charge on any atom is 0.120 e. The molecule has 0 amide bonds. The number of hydrogen-bond donors (Lipinski definition) is 2. The summed E-state index contributed by atoms with van der Waals surface area (Å²) in [4.78, 5) is 3.53. The standard InChI is InChI=1S/C14H18N2O/c1-2-17-10-3-4-13-12(9-10)11-5-7-15-8-6-14(11)16-13/h3-4,9,15-16H,2,5-8H2,1H3. The number of fused-ring (bicyclic) bond motifs is 3. The topological polar surface area (TPSA) is 37.0 Å². The highest BCUT2D eigenvalue weighted by atomic mass is 16.5. The highest BCUT2D eigenvalue weighted by Gasteiger charge is 2.14. The summed E-state index contributed by atoms with van der Waals surface area (Å²) in [5, 5.41) is 4.76. The highest BCUT2D eigenvalue weighted by molar-refractivity contribution is 5.86. The van der Waals surface area contributed by atoms with E-state index in [1.165, 1.54) is 22.2 Å². The maximum atomic E-state index is 5.58. The molecule has 1 aliphatic heterocycles. The van der Waals surface area contributed by atoms with Crippen molar-refractivity contribution in [1.82, 2.24) is 10.3 Å². The fraction of sp³-hybridized carbons (Fsp3) is 0.429. The van der Waals surface area contributed by atoms with Crippen molar-refractivity contribution in [3.8, 4) is 5.75 Å². The fourth-order valence-electron chi connectivity index (χ4n) is 2.59. The largest absolute Gasteiger partial charge is 0.494 e. The molecule has 0 spiro atoms. The maximum absolute atomic E-state index is 5.58. The number of ether oxygens (including phenoxy) is 1. The van der Waals surface area contributed by atoms with Crippen molar-refractivity contribution >= 4 is 10.9 Å². The lowest BCUT2D eigenvalue weighted by atomic mass is 10.1. The van der Waals surface area contributed by atoms with Crippen LogP contribution in [0, 0.1) is 0 Å². The number of nitrogens with one attached hydrogen (secondary N) is 2. The zero-order chi connectivity index (χ0) is 11.7. The van der Waals surface area contributed by atoms with Gasteiger partial charge in [0.15, 0.2) is 0 Å². The molecular formula is C14H18N2O. The normalized spacial score (nSPS) is 15.6. The van der Waals surface area contributed by atoms with Crippen LogP contribution in [0.5, 0.6) is 5.75 Å². The van der Waals surface area contributed by atoms with Gasteiger partial charge < -0.3 is 15.0 Å². The Labute approximate surface area is 101 Å². The summed E-state index contributed by atoms with van der Waals surface area (Å²) in [6.07, 6.45) is 2.19. The number of hydrogen-bond acceptors (Lipinski definition) is 2. The summed E-state index contributed by atoms with van der Waals surface area (Å²) in [6, 6.07) is 6.34. The van der Waals surface area contributed by atoms with Crippen molar-refractivity contribution in [2.75, 3.05) is 19.7 Å². The van der Waals surface area contributed by atoms with Crippen LogP contribution in [0.4, 0.5) is 0 Å². The first-order chi connectivity index (χ1) is 8.38. The summed E-state index contributed by atoms with van der Waals surface area (Å²) < 4.78 is 5.58. The van der Waals surface area contributed by atoms with Gasteiger partial charge in [-0.25, -0.2) is 0 Å². The molecule has 0 bridgehead atoms. The Bertz CT molecular complexity index is 530. The third kappa shape index (κ3) is 1.91. The first kappa shape index (κ1) is 10.7. The van der Waals surface area contributed by atoms with E-state index in [0.29, 0.717) is 0 Å². The Balaban J connectivity index is 2.10.